The average molecular weight is 366 g/mol. The number of nitrogens with zero attached hydrogens (tertiary/aromatic N) is 2. The van der Waals surface area contributed by atoms with Gasteiger partial charge < -0.3 is 5.32 Å². The number of benzene rings is 2. The summed E-state index contributed by atoms with van der Waals surface area (Å²) in [6.45, 7) is 1.15. The fourth-order valence-electron chi connectivity index (χ4n) is 3.40. The fourth-order valence-corrected chi connectivity index (χ4v) is 3.40. The minimum Gasteiger partial charge on any atom is -0.303 e. The van der Waals surface area contributed by atoms with Gasteiger partial charge in [0.25, 0.3) is 0 Å². The van der Waals surface area contributed by atoms with Crippen molar-refractivity contribution in [3.05, 3.63) is 70.7 Å². The van der Waals surface area contributed by atoms with Crippen LogP contribution in [0.3, 0.4) is 0 Å². The second kappa shape index (κ2) is 6.00. The van der Waals surface area contributed by atoms with E-state index in [1.165, 1.54) is 12.4 Å². The minimum absolute atomic E-state index is 0.0874. The summed E-state index contributed by atoms with van der Waals surface area (Å²) in [5.74, 6) is -5.66. The summed E-state index contributed by atoms with van der Waals surface area (Å²) in [5, 5.41) is 3.11. The monoisotopic (exact) mass is 366 g/mol. The molecule has 2 aromatic rings. The Morgan fingerprint density at radius 2 is 1.65 bits per heavy atom. The van der Waals surface area contributed by atoms with Crippen LogP contribution >= 0.6 is 0 Å². The van der Waals surface area contributed by atoms with Gasteiger partial charge >= 0.3 is 0 Å². The van der Waals surface area contributed by atoms with Crippen LogP contribution in [0, 0.1) is 29.1 Å². The van der Waals surface area contributed by atoms with E-state index < -0.39 is 29.1 Å². The predicted molar refractivity (Wildman–Crippen MR) is 87.6 cm³/mol. The predicted octanol–water partition coefficient (Wildman–Crippen LogP) is 3.70. The van der Waals surface area contributed by atoms with Crippen LogP contribution in [0.4, 0.5) is 27.6 Å². The van der Waals surface area contributed by atoms with E-state index >= 15 is 0 Å². The van der Waals surface area contributed by atoms with Gasteiger partial charge in [-0.25, -0.2) is 26.4 Å². The molecule has 0 bridgehead atoms. The Kier molecular flexibility index (Phi) is 3.89. The van der Waals surface area contributed by atoms with Gasteiger partial charge in [0.15, 0.2) is 23.1 Å². The molecule has 1 atom stereocenters. The van der Waals surface area contributed by atoms with Gasteiger partial charge in [-0.05, 0) is 12.1 Å². The summed E-state index contributed by atoms with van der Waals surface area (Å²) < 4.78 is 68.2. The van der Waals surface area contributed by atoms with Gasteiger partial charge in [0.2, 0.25) is 6.34 Å². The van der Waals surface area contributed by atoms with Crippen molar-refractivity contribution in [1.29, 1.82) is 0 Å². The number of fused-ring (bicyclic) bond motifs is 1. The van der Waals surface area contributed by atoms with Crippen molar-refractivity contribution in [3.63, 3.8) is 0 Å². The second-order valence-electron chi connectivity index (χ2n) is 6.16. The summed E-state index contributed by atoms with van der Waals surface area (Å²) in [6, 6.07) is 4.96. The third-order valence-corrected chi connectivity index (χ3v) is 4.69. The number of halogens is 5. The summed E-state index contributed by atoms with van der Waals surface area (Å²) in [6.07, 6.45) is 1.44. The van der Waals surface area contributed by atoms with Crippen molar-refractivity contribution in [3.8, 4) is 0 Å². The van der Waals surface area contributed by atoms with Crippen LogP contribution < -0.4 is 9.80 Å². The molecular weight excluding hydrogens is 353 g/mol. The van der Waals surface area contributed by atoms with Gasteiger partial charge in [0.05, 0.1) is 6.54 Å². The Bertz CT molecular complexity index is 946. The van der Waals surface area contributed by atoms with Gasteiger partial charge in [-0.2, -0.15) is 4.99 Å². The Labute approximate surface area is 145 Å². The van der Waals surface area contributed by atoms with Crippen molar-refractivity contribution in [1.82, 2.24) is 9.80 Å². The van der Waals surface area contributed by atoms with E-state index in [-0.39, 0.29) is 28.0 Å². The van der Waals surface area contributed by atoms with E-state index in [2.05, 4.69) is 10.3 Å². The van der Waals surface area contributed by atoms with E-state index in [1.54, 1.807) is 0 Å². The van der Waals surface area contributed by atoms with Crippen LogP contribution in [-0.2, 0) is 0 Å². The molecule has 26 heavy (non-hydrogen) atoms. The lowest BCUT2D eigenvalue weighted by molar-refractivity contribution is 0.417. The molecule has 0 amide bonds. The molecule has 134 valence electrons. The molecule has 1 saturated heterocycles. The van der Waals surface area contributed by atoms with E-state index in [1.807, 2.05) is 0 Å². The lowest BCUT2D eigenvalue weighted by atomic mass is 10.1. The molecule has 2 heterocycles. The first-order valence-electron chi connectivity index (χ1n) is 7.90. The highest BCUT2D eigenvalue weighted by Gasteiger charge is 2.44. The molecule has 0 spiro atoms. The van der Waals surface area contributed by atoms with Crippen LogP contribution in [0.15, 0.2) is 41.0 Å². The smallest absolute Gasteiger partial charge is 0.200 e. The SMILES string of the molecule is Fc1ccc(C2=C3CNCC[N+]3(c3cc(F)c(F)c(F)c3)C=N2)c(F)c1. The van der Waals surface area contributed by atoms with Crippen molar-refractivity contribution < 1.29 is 22.0 Å². The summed E-state index contributed by atoms with van der Waals surface area (Å²) >= 11 is 0. The lowest BCUT2D eigenvalue weighted by Gasteiger charge is -2.36. The summed E-state index contributed by atoms with van der Waals surface area (Å²) in [5.41, 5.74) is 1.05. The molecule has 0 saturated carbocycles. The molecule has 1 unspecified atom stereocenters. The molecule has 2 aliphatic rings. The molecule has 3 nitrogen and oxygen atoms in total. The molecule has 0 aromatic heterocycles. The Balaban J connectivity index is 1.91. The summed E-state index contributed by atoms with van der Waals surface area (Å²) in [7, 11) is 0. The van der Waals surface area contributed by atoms with Gasteiger partial charge in [-0.3, -0.25) is 0 Å². The average Bonchev–Trinajstić information content (AvgIpc) is 3.00. The topological polar surface area (TPSA) is 24.4 Å². The number of nitrogens with one attached hydrogen (secondary N) is 1. The van der Waals surface area contributed by atoms with Crippen LogP contribution in [0.2, 0.25) is 0 Å². The highest BCUT2D eigenvalue weighted by atomic mass is 19.2. The number of hydrogen-bond donors (Lipinski definition) is 1. The zero-order valence-corrected chi connectivity index (χ0v) is 13.4. The van der Waals surface area contributed by atoms with E-state index in [9.17, 15) is 22.0 Å². The highest BCUT2D eigenvalue weighted by molar-refractivity contribution is 5.92. The van der Waals surface area contributed by atoms with E-state index in [4.69, 9.17) is 0 Å². The normalized spacial score (nSPS) is 22.0. The van der Waals surface area contributed by atoms with Gasteiger partial charge in [0.1, 0.15) is 29.6 Å². The number of quaternary nitrogens is 1. The number of rotatable bonds is 2. The van der Waals surface area contributed by atoms with Crippen molar-refractivity contribution in [2.24, 2.45) is 4.99 Å². The molecule has 2 aliphatic heterocycles. The maximum Gasteiger partial charge on any atom is 0.200 e. The van der Waals surface area contributed by atoms with Crippen molar-refractivity contribution >= 4 is 17.7 Å². The minimum atomic E-state index is -1.55. The Morgan fingerprint density at radius 1 is 0.923 bits per heavy atom. The Hall–Kier alpha value is -2.58. The zero-order chi connectivity index (χ0) is 18.5. The number of aliphatic imine (C=N–C) groups is 1. The molecule has 1 N–H and O–H groups in total. The maximum absolute atomic E-state index is 14.2. The molecule has 0 radical (unpaired) electrons. The lowest BCUT2D eigenvalue weighted by Crippen LogP contribution is -2.56. The third-order valence-electron chi connectivity index (χ3n) is 4.69. The maximum atomic E-state index is 14.2. The van der Waals surface area contributed by atoms with E-state index in [0.717, 1.165) is 24.3 Å². The van der Waals surface area contributed by atoms with Crippen LogP contribution in [0.1, 0.15) is 5.56 Å². The largest absolute Gasteiger partial charge is 0.303 e. The van der Waals surface area contributed by atoms with Gasteiger partial charge in [0, 0.05) is 30.3 Å². The van der Waals surface area contributed by atoms with Crippen molar-refractivity contribution in [2.45, 2.75) is 0 Å². The number of hydrogen-bond acceptors (Lipinski definition) is 2. The highest BCUT2D eigenvalue weighted by Crippen LogP contribution is 2.39. The molecular formula is C18H13F5N3+. The molecule has 8 heteroatoms. The first kappa shape index (κ1) is 16.9. The number of piperazine rings is 1. The third kappa shape index (κ3) is 2.45. The standard InChI is InChI=1S/C18H13F5N3/c19-10-1-2-12(13(20)5-10)18-16-8-24-3-4-26(16,9-25-18)11-6-14(21)17(23)15(22)7-11/h1-2,5-7,9,24H,3-4,8H2/q+1. The van der Waals surface area contributed by atoms with Gasteiger partial charge in [-0.15, -0.1) is 0 Å². The van der Waals surface area contributed by atoms with Crippen LogP contribution in [0.5, 0.6) is 0 Å². The quantitative estimate of drug-likeness (QED) is 0.489. The molecule has 0 aliphatic carbocycles. The van der Waals surface area contributed by atoms with Gasteiger partial charge in [-0.1, -0.05) is 0 Å². The van der Waals surface area contributed by atoms with E-state index in [0.29, 0.717) is 18.8 Å². The first-order chi connectivity index (χ1) is 12.4. The zero-order valence-electron chi connectivity index (χ0n) is 13.4. The Morgan fingerprint density at radius 3 is 2.35 bits per heavy atom. The second-order valence-corrected chi connectivity index (χ2v) is 6.16. The van der Waals surface area contributed by atoms with Crippen molar-refractivity contribution in [2.75, 3.05) is 19.6 Å². The first-order valence-corrected chi connectivity index (χ1v) is 7.90. The summed E-state index contributed by atoms with van der Waals surface area (Å²) in [4.78, 5) is 4.26. The fraction of sp³-hybridized carbons (Fsp3) is 0.167. The molecule has 2 aromatic carbocycles. The van der Waals surface area contributed by atoms with Crippen LogP contribution in [-0.4, -0.2) is 26.0 Å². The molecule has 1 fully saturated rings. The van der Waals surface area contributed by atoms with Crippen LogP contribution in [0.25, 0.3) is 5.70 Å². The molecule has 4 rings (SSSR count).